The average molecular weight is 477 g/mol. The Bertz CT molecular complexity index is 1110. The number of aromatic hydroxyl groups is 1. The number of nitrogens with zero attached hydrogens (tertiary/aromatic N) is 2. The van der Waals surface area contributed by atoms with Gasteiger partial charge in [-0.3, -0.25) is 10.3 Å². The molecule has 0 aliphatic carbocycles. The van der Waals surface area contributed by atoms with Gasteiger partial charge in [0.2, 0.25) is 0 Å². The van der Waals surface area contributed by atoms with Gasteiger partial charge in [0, 0.05) is 6.54 Å². The Morgan fingerprint density at radius 2 is 1.54 bits per heavy atom. The van der Waals surface area contributed by atoms with Crippen LogP contribution in [0.1, 0.15) is 82.3 Å². The molecule has 0 radical (unpaired) electrons. The molecule has 2 aromatic carbocycles. The van der Waals surface area contributed by atoms with Crippen LogP contribution in [-0.2, 0) is 0 Å². The van der Waals surface area contributed by atoms with E-state index in [1.807, 2.05) is 38.1 Å². The molecule has 0 bridgehead atoms. The van der Waals surface area contributed by atoms with Gasteiger partial charge in [-0.1, -0.05) is 70.8 Å². The summed E-state index contributed by atoms with van der Waals surface area (Å²) in [5, 5.41) is 15.7. The van der Waals surface area contributed by atoms with E-state index in [2.05, 4.69) is 27.5 Å². The lowest BCUT2D eigenvalue weighted by atomic mass is 9.97. The molecule has 188 valence electrons. The fourth-order valence-corrected chi connectivity index (χ4v) is 4.33. The Morgan fingerprint density at radius 3 is 2.26 bits per heavy atom. The van der Waals surface area contributed by atoms with Crippen molar-refractivity contribution in [3.8, 4) is 16.9 Å². The summed E-state index contributed by atoms with van der Waals surface area (Å²) in [5.41, 5.74) is 5.32. The minimum Gasteiger partial charge on any atom is -0.508 e. The quantitative estimate of drug-likeness (QED) is 0.221. The van der Waals surface area contributed by atoms with Crippen molar-refractivity contribution in [2.75, 3.05) is 11.9 Å². The lowest BCUT2D eigenvalue weighted by molar-refractivity contribution is 0.252. The van der Waals surface area contributed by atoms with Crippen LogP contribution in [0.25, 0.3) is 22.2 Å². The monoisotopic (exact) mass is 476 g/mol. The van der Waals surface area contributed by atoms with Crippen molar-refractivity contribution < 1.29 is 9.90 Å². The number of carbonyl (C=O) groups is 1. The molecule has 6 heteroatoms. The van der Waals surface area contributed by atoms with E-state index in [1.165, 1.54) is 51.4 Å². The van der Waals surface area contributed by atoms with Gasteiger partial charge in [-0.05, 0) is 66.8 Å². The first-order chi connectivity index (χ1) is 17.0. The summed E-state index contributed by atoms with van der Waals surface area (Å²) in [6.07, 6.45) is 14.3. The number of carbonyl (C=O) groups excluding carboxylic acids is 1. The molecular formula is C29H40N4O2. The third kappa shape index (κ3) is 8.23. The first kappa shape index (κ1) is 26.5. The Hall–Kier alpha value is -3.15. The average Bonchev–Trinajstić information content (AvgIpc) is 2.84. The number of nitrogens with one attached hydrogen (secondary N) is 2. The standard InChI is InChI=1S/C29H40N4O2/c1-4-5-6-7-8-9-10-11-12-13-16-30-29(35)33-28-20-31-25-15-14-23(19-26(25)32-28)24-17-22(3)27(34)18-21(24)2/h14-15,17-20,34H,4-13,16H2,1-3H3,(H2,30,32,33,35). The van der Waals surface area contributed by atoms with Crippen molar-refractivity contribution in [1.29, 1.82) is 0 Å². The van der Waals surface area contributed by atoms with Crippen molar-refractivity contribution >= 4 is 22.9 Å². The molecule has 0 spiro atoms. The predicted octanol–water partition coefficient (Wildman–Crippen LogP) is 7.66. The van der Waals surface area contributed by atoms with E-state index < -0.39 is 0 Å². The number of urea groups is 1. The molecular weight excluding hydrogens is 436 g/mol. The van der Waals surface area contributed by atoms with Gasteiger partial charge in [-0.2, -0.15) is 0 Å². The molecule has 0 unspecified atom stereocenters. The molecule has 3 N–H and O–H groups in total. The van der Waals surface area contributed by atoms with Crippen LogP contribution < -0.4 is 10.6 Å². The number of fused-ring (bicyclic) bond motifs is 1. The van der Waals surface area contributed by atoms with Crippen LogP contribution in [-0.4, -0.2) is 27.7 Å². The Morgan fingerprint density at radius 1 is 0.857 bits per heavy atom. The molecule has 1 heterocycles. The summed E-state index contributed by atoms with van der Waals surface area (Å²) in [6.45, 7) is 6.77. The second-order valence-corrected chi connectivity index (χ2v) is 9.48. The third-order valence-corrected chi connectivity index (χ3v) is 6.45. The number of benzene rings is 2. The van der Waals surface area contributed by atoms with Gasteiger partial charge in [-0.15, -0.1) is 0 Å². The van der Waals surface area contributed by atoms with Gasteiger partial charge in [0.05, 0.1) is 17.2 Å². The van der Waals surface area contributed by atoms with Crippen LogP contribution in [0.15, 0.2) is 36.5 Å². The first-order valence-electron chi connectivity index (χ1n) is 13.1. The van der Waals surface area contributed by atoms with E-state index >= 15 is 0 Å². The zero-order chi connectivity index (χ0) is 25.0. The van der Waals surface area contributed by atoms with E-state index in [0.717, 1.165) is 40.6 Å². The van der Waals surface area contributed by atoms with E-state index in [1.54, 1.807) is 12.3 Å². The van der Waals surface area contributed by atoms with Crippen molar-refractivity contribution in [2.24, 2.45) is 0 Å². The van der Waals surface area contributed by atoms with Crippen LogP contribution in [0, 0.1) is 13.8 Å². The highest BCUT2D eigenvalue weighted by atomic mass is 16.3. The molecule has 1 aromatic heterocycles. The fraction of sp³-hybridized carbons (Fsp3) is 0.483. The lowest BCUT2D eigenvalue weighted by Crippen LogP contribution is -2.29. The Kier molecular flexibility index (Phi) is 10.3. The highest BCUT2D eigenvalue weighted by Gasteiger charge is 2.09. The van der Waals surface area contributed by atoms with Crippen molar-refractivity contribution in [3.05, 3.63) is 47.7 Å². The number of hydrogen-bond acceptors (Lipinski definition) is 4. The molecule has 0 aliphatic heterocycles. The zero-order valence-corrected chi connectivity index (χ0v) is 21.5. The maximum absolute atomic E-state index is 12.3. The summed E-state index contributed by atoms with van der Waals surface area (Å²) in [7, 11) is 0. The smallest absolute Gasteiger partial charge is 0.320 e. The van der Waals surface area contributed by atoms with Gasteiger partial charge < -0.3 is 10.4 Å². The number of amides is 2. The molecule has 6 nitrogen and oxygen atoms in total. The maximum Gasteiger partial charge on any atom is 0.320 e. The van der Waals surface area contributed by atoms with Gasteiger partial charge in [0.1, 0.15) is 5.75 Å². The van der Waals surface area contributed by atoms with Crippen molar-refractivity contribution in [3.63, 3.8) is 0 Å². The van der Waals surface area contributed by atoms with Crippen LogP contribution >= 0.6 is 0 Å². The van der Waals surface area contributed by atoms with Crippen LogP contribution in [0.4, 0.5) is 10.6 Å². The van der Waals surface area contributed by atoms with Crippen LogP contribution in [0.5, 0.6) is 5.75 Å². The number of unbranched alkanes of at least 4 members (excludes halogenated alkanes) is 9. The molecule has 0 aliphatic rings. The molecule has 0 saturated heterocycles. The highest BCUT2D eigenvalue weighted by Crippen LogP contribution is 2.31. The fourth-order valence-electron chi connectivity index (χ4n) is 4.33. The summed E-state index contributed by atoms with van der Waals surface area (Å²) in [6, 6.07) is 9.39. The molecule has 2 amide bonds. The van der Waals surface area contributed by atoms with Crippen molar-refractivity contribution in [1.82, 2.24) is 15.3 Å². The number of hydrogen-bond donors (Lipinski definition) is 3. The largest absolute Gasteiger partial charge is 0.508 e. The minimum atomic E-state index is -0.254. The predicted molar refractivity (Wildman–Crippen MR) is 145 cm³/mol. The first-order valence-corrected chi connectivity index (χ1v) is 13.1. The highest BCUT2D eigenvalue weighted by molar-refractivity contribution is 5.90. The molecule has 3 rings (SSSR count). The van der Waals surface area contributed by atoms with Gasteiger partial charge in [-0.25, -0.2) is 9.78 Å². The topological polar surface area (TPSA) is 87.1 Å². The number of anilines is 1. The molecule has 3 aromatic rings. The van der Waals surface area contributed by atoms with Crippen molar-refractivity contribution in [2.45, 2.75) is 85.0 Å². The summed E-state index contributed by atoms with van der Waals surface area (Å²) >= 11 is 0. The van der Waals surface area contributed by atoms with Crippen LogP contribution in [0.2, 0.25) is 0 Å². The second kappa shape index (κ2) is 13.7. The second-order valence-electron chi connectivity index (χ2n) is 9.48. The minimum absolute atomic E-state index is 0.254. The van der Waals surface area contributed by atoms with Crippen LogP contribution in [0.3, 0.4) is 0 Å². The molecule has 0 fully saturated rings. The number of rotatable bonds is 13. The van der Waals surface area contributed by atoms with Gasteiger partial charge in [0.15, 0.2) is 5.82 Å². The lowest BCUT2D eigenvalue weighted by Gasteiger charge is -2.11. The number of aromatic nitrogens is 2. The number of phenolic OH excluding ortho intramolecular Hbond substituents is 1. The zero-order valence-electron chi connectivity index (χ0n) is 21.5. The Balaban J connectivity index is 1.45. The number of phenols is 1. The third-order valence-electron chi connectivity index (χ3n) is 6.45. The SMILES string of the molecule is CCCCCCCCCCCCNC(=O)Nc1cnc2ccc(-c3cc(C)c(O)cc3C)cc2n1. The normalized spacial score (nSPS) is 11.1. The summed E-state index contributed by atoms with van der Waals surface area (Å²) in [5.74, 6) is 0.718. The van der Waals surface area contributed by atoms with Gasteiger partial charge in [0.25, 0.3) is 0 Å². The van der Waals surface area contributed by atoms with E-state index in [4.69, 9.17) is 0 Å². The van der Waals surface area contributed by atoms with E-state index in [0.29, 0.717) is 23.6 Å². The molecule has 0 atom stereocenters. The number of aryl methyl sites for hydroxylation is 2. The molecule has 35 heavy (non-hydrogen) atoms. The summed E-state index contributed by atoms with van der Waals surface area (Å²) < 4.78 is 0. The molecule has 0 saturated carbocycles. The van der Waals surface area contributed by atoms with E-state index in [9.17, 15) is 9.90 Å². The maximum atomic E-state index is 12.3. The Labute approximate surface area is 209 Å². The van der Waals surface area contributed by atoms with Gasteiger partial charge >= 0.3 is 6.03 Å². The summed E-state index contributed by atoms with van der Waals surface area (Å²) in [4.78, 5) is 21.3. The van der Waals surface area contributed by atoms with E-state index in [-0.39, 0.29) is 6.03 Å².